The van der Waals surface area contributed by atoms with Crippen LogP contribution in [0.3, 0.4) is 0 Å². The number of nitrogens with zero attached hydrogens (tertiary/aromatic N) is 1. The van der Waals surface area contributed by atoms with E-state index in [4.69, 9.17) is 14.5 Å². The Morgan fingerprint density at radius 1 is 1.56 bits per heavy atom. The molecule has 1 rings (SSSR count). The quantitative estimate of drug-likeness (QED) is 0.684. The van der Waals surface area contributed by atoms with Crippen molar-refractivity contribution < 1.29 is 24.2 Å². The number of aryl methyl sites for hydroxylation is 1. The van der Waals surface area contributed by atoms with Crippen LogP contribution in [0, 0.1) is 6.92 Å². The molecule has 1 heterocycles. The molecule has 0 aromatic carbocycles. The Balaban J connectivity index is 2.97. The maximum atomic E-state index is 10.9. The van der Waals surface area contributed by atoms with Gasteiger partial charge in [-0.05, 0) is 6.92 Å². The zero-order chi connectivity index (χ0) is 12.3. The minimum Gasteiger partial charge on any atom is -0.506 e. The van der Waals surface area contributed by atoms with Crippen molar-refractivity contribution in [3.63, 3.8) is 0 Å². The van der Waals surface area contributed by atoms with E-state index >= 15 is 0 Å². The van der Waals surface area contributed by atoms with E-state index in [9.17, 15) is 9.67 Å². The third kappa shape index (κ3) is 3.28. The highest BCUT2D eigenvalue weighted by molar-refractivity contribution is 7.51. The van der Waals surface area contributed by atoms with E-state index in [0.717, 1.165) is 6.66 Å². The van der Waals surface area contributed by atoms with Gasteiger partial charge in [-0.2, -0.15) is 0 Å². The van der Waals surface area contributed by atoms with Crippen LogP contribution in [0.25, 0.3) is 0 Å². The van der Waals surface area contributed by atoms with E-state index in [2.05, 4.69) is 4.98 Å². The highest BCUT2D eigenvalue weighted by Gasteiger charge is 2.15. The average Bonchev–Trinajstić information content (AvgIpc) is 2.18. The van der Waals surface area contributed by atoms with Crippen LogP contribution in [0.1, 0.15) is 16.8 Å². The molecule has 1 atom stereocenters. The maximum absolute atomic E-state index is 10.9. The van der Waals surface area contributed by atoms with Crippen LogP contribution in [-0.4, -0.2) is 26.8 Å². The van der Waals surface area contributed by atoms with Crippen molar-refractivity contribution in [1.29, 1.82) is 0 Å². The predicted molar refractivity (Wildman–Crippen MR) is 57.1 cm³/mol. The summed E-state index contributed by atoms with van der Waals surface area (Å²) in [7, 11) is -3.58. The van der Waals surface area contributed by atoms with Gasteiger partial charge in [0.25, 0.3) is 0 Å². The van der Waals surface area contributed by atoms with Gasteiger partial charge in [-0.3, -0.25) is 9.55 Å². The predicted octanol–water partition coefficient (Wildman–Crippen LogP) is 0.920. The summed E-state index contributed by atoms with van der Waals surface area (Å²) in [6.07, 6.45) is 1.40. The molecule has 0 saturated carbocycles. The van der Waals surface area contributed by atoms with E-state index in [1.54, 1.807) is 6.92 Å². The van der Waals surface area contributed by atoms with Crippen LogP contribution in [0.15, 0.2) is 6.20 Å². The Kier molecular flexibility index (Phi) is 4.04. The van der Waals surface area contributed by atoms with Crippen LogP contribution >= 0.6 is 7.60 Å². The molecule has 0 saturated heterocycles. The lowest BCUT2D eigenvalue weighted by atomic mass is 10.1. The number of hydrogen-bond acceptors (Lipinski definition) is 5. The fraction of sp³-hybridized carbons (Fsp3) is 0.444. The van der Waals surface area contributed by atoms with Gasteiger partial charge >= 0.3 is 7.60 Å². The third-order valence-corrected chi connectivity index (χ3v) is 2.66. The summed E-state index contributed by atoms with van der Waals surface area (Å²) in [5.74, 6) is -0.118. The Labute approximate surface area is 93.1 Å². The molecule has 1 aromatic rings. The van der Waals surface area contributed by atoms with Gasteiger partial charge in [-0.15, -0.1) is 0 Å². The van der Waals surface area contributed by atoms with E-state index in [1.807, 2.05) is 0 Å². The van der Waals surface area contributed by atoms with Crippen LogP contribution in [0.2, 0.25) is 0 Å². The summed E-state index contributed by atoms with van der Waals surface area (Å²) in [4.78, 5) is 12.8. The van der Waals surface area contributed by atoms with Gasteiger partial charge in [0.05, 0.1) is 18.9 Å². The smallest absolute Gasteiger partial charge is 0.325 e. The Bertz CT molecular complexity index is 428. The van der Waals surface area contributed by atoms with Gasteiger partial charge in [0, 0.05) is 24.0 Å². The second-order valence-electron chi connectivity index (χ2n) is 3.43. The molecule has 16 heavy (non-hydrogen) atoms. The summed E-state index contributed by atoms with van der Waals surface area (Å²) in [6.45, 7) is 2.09. The van der Waals surface area contributed by atoms with Gasteiger partial charge < -0.3 is 19.6 Å². The first kappa shape index (κ1) is 13.1. The minimum atomic E-state index is -3.58. The first-order chi connectivity index (χ1) is 7.35. The largest absolute Gasteiger partial charge is 0.506 e. The molecular weight excluding hydrogens is 233 g/mol. The standard InChI is InChI=1S/C9H14NO5P/c1-6-9(12)8(4-11)7(3-10-6)5-15-16(2,13)14/h3,11-12H,4-5H2,1-2H3,(H,13,14). The van der Waals surface area contributed by atoms with Crippen molar-refractivity contribution in [2.45, 2.75) is 20.1 Å². The maximum Gasteiger partial charge on any atom is 0.325 e. The molecule has 0 aliphatic heterocycles. The molecule has 0 amide bonds. The van der Waals surface area contributed by atoms with E-state index in [0.29, 0.717) is 11.3 Å². The zero-order valence-electron chi connectivity index (χ0n) is 9.04. The molecular formula is C9H14NO5P. The molecule has 90 valence electrons. The van der Waals surface area contributed by atoms with Crippen molar-refractivity contribution in [3.05, 3.63) is 23.0 Å². The molecule has 1 unspecified atom stereocenters. The molecule has 6 nitrogen and oxygen atoms in total. The normalized spacial score (nSPS) is 14.8. The van der Waals surface area contributed by atoms with E-state index in [-0.39, 0.29) is 24.5 Å². The van der Waals surface area contributed by atoms with Gasteiger partial charge in [-0.1, -0.05) is 0 Å². The van der Waals surface area contributed by atoms with Crippen LogP contribution < -0.4 is 0 Å². The summed E-state index contributed by atoms with van der Waals surface area (Å²) < 4.78 is 15.6. The second-order valence-corrected chi connectivity index (χ2v) is 5.29. The summed E-state index contributed by atoms with van der Waals surface area (Å²) in [5.41, 5.74) is 1.04. The first-order valence-corrected chi connectivity index (χ1v) is 6.59. The molecule has 0 fully saturated rings. The topological polar surface area (TPSA) is 99.9 Å². The van der Waals surface area contributed by atoms with Crippen LogP contribution in [-0.2, 0) is 22.3 Å². The summed E-state index contributed by atoms with van der Waals surface area (Å²) >= 11 is 0. The molecule has 7 heteroatoms. The van der Waals surface area contributed by atoms with E-state index in [1.165, 1.54) is 6.20 Å². The molecule has 0 spiro atoms. The Morgan fingerprint density at radius 2 is 2.19 bits per heavy atom. The lowest BCUT2D eigenvalue weighted by Crippen LogP contribution is -2.00. The SMILES string of the molecule is Cc1ncc(COP(C)(=O)O)c(CO)c1O. The fourth-order valence-corrected chi connectivity index (χ4v) is 1.55. The number of aromatic nitrogens is 1. The van der Waals surface area contributed by atoms with Crippen molar-refractivity contribution in [2.24, 2.45) is 0 Å². The van der Waals surface area contributed by atoms with Crippen LogP contribution in [0.4, 0.5) is 0 Å². The monoisotopic (exact) mass is 247 g/mol. The van der Waals surface area contributed by atoms with Gasteiger partial charge in [-0.25, -0.2) is 0 Å². The average molecular weight is 247 g/mol. The molecule has 0 bridgehead atoms. The van der Waals surface area contributed by atoms with E-state index < -0.39 is 7.60 Å². The number of hydrogen-bond donors (Lipinski definition) is 3. The Hall–Kier alpha value is -0.940. The minimum absolute atomic E-state index is 0.118. The highest BCUT2D eigenvalue weighted by Crippen LogP contribution is 2.38. The Morgan fingerprint density at radius 3 is 2.69 bits per heavy atom. The zero-order valence-corrected chi connectivity index (χ0v) is 9.94. The van der Waals surface area contributed by atoms with Crippen molar-refractivity contribution in [3.8, 4) is 5.75 Å². The summed E-state index contributed by atoms with van der Waals surface area (Å²) in [6, 6.07) is 0. The highest BCUT2D eigenvalue weighted by atomic mass is 31.2. The first-order valence-electron chi connectivity index (χ1n) is 4.57. The number of aromatic hydroxyl groups is 1. The number of pyridine rings is 1. The lowest BCUT2D eigenvalue weighted by Gasteiger charge is -2.12. The molecule has 3 N–H and O–H groups in total. The van der Waals surface area contributed by atoms with Gasteiger partial charge in [0.15, 0.2) is 0 Å². The number of aliphatic hydroxyl groups is 1. The van der Waals surface area contributed by atoms with Gasteiger partial charge in [0.2, 0.25) is 0 Å². The molecule has 0 aliphatic carbocycles. The van der Waals surface area contributed by atoms with Crippen LogP contribution in [0.5, 0.6) is 5.75 Å². The lowest BCUT2D eigenvalue weighted by molar-refractivity contribution is 0.242. The molecule has 0 radical (unpaired) electrons. The van der Waals surface area contributed by atoms with Crippen molar-refractivity contribution >= 4 is 7.60 Å². The number of aliphatic hydroxyl groups excluding tert-OH is 1. The summed E-state index contributed by atoms with van der Waals surface area (Å²) in [5, 5.41) is 18.7. The number of rotatable bonds is 4. The van der Waals surface area contributed by atoms with Crippen molar-refractivity contribution in [2.75, 3.05) is 6.66 Å². The molecule has 0 aliphatic rings. The third-order valence-electron chi connectivity index (χ3n) is 2.05. The van der Waals surface area contributed by atoms with Gasteiger partial charge in [0.1, 0.15) is 5.75 Å². The van der Waals surface area contributed by atoms with Crippen molar-refractivity contribution in [1.82, 2.24) is 4.98 Å². The fourth-order valence-electron chi connectivity index (χ4n) is 1.17. The second kappa shape index (κ2) is 4.93. The molecule has 1 aromatic heterocycles.